The third kappa shape index (κ3) is 3.90. The summed E-state index contributed by atoms with van der Waals surface area (Å²) in [5.74, 6) is 1.78. The molecule has 5 aromatic rings. The number of benzene rings is 1. The molecule has 0 spiro atoms. The lowest BCUT2D eigenvalue weighted by Gasteiger charge is -2.35. The predicted octanol–water partition coefficient (Wildman–Crippen LogP) is 2.24. The molecule has 0 saturated carbocycles. The quantitative estimate of drug-likeness (QED) is 0.278. The van der Waals surface area contributed by atoms with Gasteiger partial charge in [-0.3, -0.25) is 9.59 Å². The number of amides is 1. The van der Waals surface area contributed by atoms with Crippen molar-refractivity contribution in [2.75, 3.05) is 38.2 Å². The molecule has 0 bridgehead atoms. The number of nitrogens with one attached hydrogen (secondary N) is 1. The Hall–Kier alpha value is -4.87. The highest BCUT2D eigenvalue weighted by molar-refractivity contribution is 6.45. The third-order valence-corrected chi connectivity index (χ3v) is 6.70. The van der Waals surface area contributed by atoms with E-state index in [4.69, 9.17) is 4.74 Å². The SMILES string of the molecule is COc1cnc(-n2cnc(C)n2)c2[nH]cc(C(=O)C(=O)N3CCN(c4nc(C)nc5ccccc45)CC3)c12. The van der Waals surface area contributed by atoms with Crippen molar-refractivity contribution in [1.29, 1.82) is 0 Å². The van der Waals surface area contributed by atoms with Gasteiger partial charge in [-0.15, -0.1) is 0 Å². The molecular weight excluding hydrogens is 486 g/mol. The first-order valence-corrected chi connectivity index (χ1v) is 12.2. The van der Waals surface area contributed by atoms with Crippen LogP contribution in [0.25, 0.3) is 27.6 Å². The average Bonchev–Trinajstić information content (AvgIpc) is 3.58. The standard InChI is InChI=1S/C26H25N9O3/c1-15-29-14-35(32-15)25-22-21(20(38-3)13-28-25)18(12-27-22)23(36)26(37)34-10-8-33(9-11-34)24-17-6-4-5-7-19(17)30-16(2)31-24/h4-7,12-14,27H,8-11H2,1-3H3. The molecule has 6 rings (SSSR count). The Morgan fingerprint density at radius 1 is 0.974 bits per heavy atom. The van der Waals surface area contributed by atoms with Gasteiger partial charge in [0.25, 0.3) is 11.7 Å². The summed E-state index contributed by atoms with van der Waals surface area (Å²) in [6.07, 6.45) is 4.57. The average molecular weight is 512 g/mol. The van der Waals surface area contributed by atoms with Crippen molar-refractivity contribution in [2.24, 2.45) is 0 Å². The van der Waals surface area contributed by atoms with Crippen molar-refractivity contribution in [1.82, 2.24) is 39.6 Å². The molecule has 0 radical (unpaired) electrons. The number of ketones is 1. The number of aryl methyl sites for hydroxylation is 2. The maximum absolute atomic E-state index is 13.5. The summed E-state index contributed by atoms with van der Waals surface area (Å²) in [5.41, 5.74) is 1.63. The second-order valence-electron chi connectivity index (χ2n) is 9.06. The highest BCUT2D eigenvalue weighted by Gasteiger charge is 2.31. The van der Waals surface area contributed by atoms with Gasteiger partial charge in [0.05, 0.1) is 35.3 Å². The Morgan fingerprint density at radius 3 is 2.50 bits per heavy atom. The van der Waals surface area contributed by atoms with Crippen LogP contribution < -0.4 is 9.64 Å². The summed E-state index contributed by atoms with van der Waals surface area (Å²) in [5, 5.41) is 5.76. The maximum atomic E-state index is 13.5. The lowest BCUT2D eigenvalue weighted by molar-refractivity contribution is -0.126. The molecule has 5 heterocycles. The van der Waals surface area contributed by atoms with Crippen molar-refractivity contribution in [3.05, 3.63) is 60.2 Å². The number of Topliss-reactive ketones (excluding diaryl/α,β-unsaturated/α-hetero) is 1. The summed E-state index contributed by atoms with van der Waals surface area (Å²) >= 11 is 0. The highest BCUT2D eigenvalue weighted by Crippen LogP contribution is 2.32. The number of aromatic amines is 1. The van der Waals surface area contributed by atoms with E-state index in [1.807, 2.05) is 31.2 Å². The van der Waals surface area contributed by atoms with Gasteiger partial charge in [0.15, 0.2) is 5.82 Å². The minimum Gasteiger partial charge on any atom is -0.494 e. The van der Waals surface area contributed by atoms with Crippen LogP contribution in [-0.2, 0) is 4.79 Å². The first-order chi connectivity index (χ1) is 18.4. The molecule has 1 fully saturated rings. The van der Waals surface area contributed by atoms with E-state index in [0.717, 1.165) is 16.7 Å². The number of H-pyrrole nitrogens is 1. The van der Waals surface area contributed by atoms with Crippen LogP contribution in [-0.4, -0.2) is 84.6 Å². The summed E-state index contributed by atoms with van der Waals surface area (Å²) in [7, 11) is 1.50. The number of methoxy groups -OCH3 is 1. The minimum absolute atomic E-state index is 0.224. The Balaban J connectivity index is 1.25. The molecule has 1 aromatic carbocycles. The Bertz CT molecular complexity index is 1700. The van der Waals surface area contributed by atoms with Crippen LogP contribution in [0.2, 0.25) is 0 Å². The topological polar surface area (TPSA) is 135 Å². The number of pyridine rings is 1. The van der Waals surface area contributed by atoms with E-state index in [1.54, 1.807) is 18.2 Å². The molecule has 1 amide bonds. The molecule has 0 atom stereocenters. The lowest BCUT2D eigenvalue weighted by Crippen LogP contribution is -2.51. The van der Waals surface area contributed by atoms with Crippen molar-refractivity contribution in [3.63, 3.8) is 0 Å². The van der Waals surface area contributed by atoms with Gasteiger partial charge in [0.2, 0.25) is 0 Å². The molecule has 4 aromatic heterocycles. The first kappa shape index (κ1) is 23.5. The van der Waals surface area contributed by atoms with Crippen LogP contribution in [0.3, 0.4) is 0 Å². The second-order valence-corrected chi connectivity index (χ2v) is 9.06. The number of carbonyl (C=O) groups excluding carboxylic acids is 2. The number of aromatic nitrogens is 7. The van der Waals surface area contributed by atoms with E-state index in [-0.39, 0.29) is 5.56 Å². The number of fused-ring (bicyclic) bond motifs is 2. The fraction of sp³-hybridized carbons (Fsp3) is 0.269. The van der Waals surface area contributed by atoms with Crippen LogP contribution in [0.15, 0.2) is 43.0 Å². The number of para-hydroxylation sites is 1. The van der Waals surface area contributed by atoms with E-state index in [2.05, 4.69) is 34.9 Å². The molecule has 0 unspecified atom stereocenters. The lowest BCUT2D eigenvalue weighted by atomic mass is 10.1. The van der Waals surface area contributed by atoms with Crippen LogP contribution in [0.1, 0.15) is 22.0 Å². The van der Waals surface area contributed by atoms with E-state index in [1.165, 1.54) is 24.2 Å². The number of anilines is 1. The van der Waals surface area contributed by atoms with E-state index >= 15 is 0 Å². The first-order valence-electron chi connectivity index (χ1n) is 12.2. The number of ether oxygens (including phenoxy) is 1. The van der Waals surface area contributed by atoms with E-state index in [0.29, 0.717) is 60.3 Å². The number of rotatable bonds is 5. The Kier molecular flexibility index (Phi) is 5.70. The molecule has 192 valence electrons. The summed E-state index contributed by atoms with van der Waals surface area (Å²) in [6, 6.07) is 7.88. The molecule has 12 heteroatoms. The molecule has 1 aliphatic heterocycles. The number of hydrogen-bond donors (Lipinski definition) is 1. The zero-order chi connectivity index (χ0) is 26.4. The number of carbonyl (C=O) groups is 2. The van der Waals surface area contributed by atoms with Gasteiger partial charge in [0.1, 0.15) is 29.5 Å². The largest absolute Gasteiger partial charge is 0.494 e. The van der Waals surface area contributed by atoms with Crippen molar-refractivity contribution in [2.45, 2.75) is 13.8 Å². The van der Waals surface area contributed by atoms with E-state index in [9.17, 15) is 9.59 Å². The van der Waals surface area contributed by atoms with Gasteiger partial charge in [-0.1, -0.05) is 12.1 Å². The third-order valence-electron chi connectivity index (χ3n) is 6.70. The van der Waals surface area contributed by atoms with E-state index < -0.39 is 11.7 Å². The van der Waals surface area contributed by atoms with Crippen LogP contribution >= 0.6 is 0 Å². The minimum atomic E-state index is -0.613. The zero-order valence-electron chi connectivity index (χ0n) is 21.2. The van der Waals surface area contributed by atoms with Crippen LogP contribution in [0.4, 0.5) is 5.82 Å². The smallest absolute Gasteiger partial charge is 0.295 e. The van der Waals surface area contributed by atoms with Gasteiger partial charge >= 0.3 is 0 Å². The van der Waals surface area contributed by atoms with Gasteiger partial charge in [0, 0.05) is 37.8 Å². The highest BCUT2D eigenvalue weighted by atomic mass is 16.5. The fourth-order valence-corrected chi connectivity index (χ4v) is 4.85. The Labute approximate surface area is 217 Å². The van der Waals surface area contributed by atoms with Gasteiger partial charge < -0.3 is 19.5 Å². The summed E-state index contributed by atoms with van der Waals surface area (Å²) in [4.78, 5) is 51.4. The van der Waals surface area contributed by atoms with Crippen LogP contribution in [0, 0.1) is 13.8 Å². The summed E-state index contributed by atoms with van der Waals surface area (Å²) in [6.45, 7) is 5.54. The maximum Gasteiger partial charge on any atom is 0.295 e. The monoisotopic (exact) mass is 511 g/mol. The summed E-state index contributed by atoms with van der Waals surface area (Å²) < 4.78 is 7.00. The van der Waals surface area contributed by atoms with Crippen molar-refractivity contribution < 1.29 is 14.3 Å². The van der Waals surface area contributed by atoms with Crippen molar-refractivity contribution >= 4 is 39.3 Å². The Morgan fingerprint density at radius 2 is 1.76 bits per heavy atom. The number of piperazine rings is 1. The molecule has 1 saturated heterocycles. The fourth-order valence-electron chi connectivity index (χ4n) is 4.85. The number of hydrogen-bond acceptors (Lipinski definition) is 9. The van der Waals surface area contributed by atoms with Crippen molar-refractivity contribution in [3.8, 4) is 11.6 Å². The second kappa shape index (κ2) is 9.21. The normalized spacial score (nSPS) is 13.9. The molecule has 38 heavy (non-hydrogen) atoms. The molecule has 1 N–H and O–H groups in total. The molecular formula is C26H25N9O3. The zero-order valence-corrected chi connectivity index (χ0v) is 21.2. The van der Waals surface area contributed by atoms with Gasteiger partial charge in [-0.25, -0.2) is 24.6 Å². The molecule has 12 nitrogen and oxygen atoms in total. The van der Waals surface area contributed by atoms with Gasteiger partial charge in [-0.05, 0) is 26.0 Å². The molecule has 0 aliphatic carbocycles. The predicted molar refractivity (Wildman–Crippen MR) is 140 cm³/mol. The molecule has 1 aliphatic rings. The van der Waals surface area contributed by atoms with Gasteiger partial charge in [-0.2, -0.15) is 5.10 Å². The number of nitrogens with zero attached hydrogens (tertiary/aromatic N) is 8. The van der Waals surface area contributed by atoms with Crippen LogP contribution in [0.5, 0.6) is 5.75 Å².